The highest BCUT2D eigenvalue weighted by molar-refractivity contribution is 6.03. The number of nitro benzene ring substituents is 1. The molecule has 8 heteroatoms. The summed E-state index contributed by atoms with van der Waals surface area (Å²) in [7, 11) is 0. The van der Waals surface area contributed by atoms with Crippen molar-refractivity contribution in [3.8, 4) is 0 Å². The van der Waals surface area contributed by atoms with Gasteiger partial charge in [-0.3, -0.25) is 14.9 Å². The Kier molecular flexibility index (Phi) is 5.29. The minimum atomic E-state index is -0.545. The number of aromatic amines is 1. The Bertz CT molecular complexity index is 1210. The fourth-order valence-corrected chi connectivity index (χ4v) is 3.03. The summed E-state index contributed by atoms with van der Waals surface area (Å²) in [6, 6.07) is 22.6. The first-order valence-electron chi connectivity index (χ1n) is 9.20. The number of rotatable bonds is 6. The summed E-state index contributed by atoms with van der Waals surface area (Å²) in [6.45, 7) is 0. The number of para-hydroxylation sites is 2. The molecule has 1 heterocycles. The molecule has 1 amide bonds. The lowest BCUT2D eigenvalue weighted by Gasteiger charge is -2.07. The lowest BCUT2D eigenvalue weighted by atomic mass is 10.1. The van der Waals surface area contributed by atoms with Crippen molar-refractivity contribution in [2.24, 2.45) is 5.10 Å². The Hall–Kier alpha value is -4.33. The van der Waals surface area contributed by atoms with Crippen LogP contribution in [0.3, 0.4) is 0 Å². The Balaban J connectivity index is 1.61. The molecule has 148 valence electrons. The van der Waals surface area contributed by atoms with Crippen LogP contribution < -0.4 is 5.43 Å². The number of nitrogens with zero attached hydrogens (tertiary/aromatic N) is 3. The van der Waals surface area contributed by atoms with Crippen molar-refractivity contribution in [2.45, 2.75) is 6.42 Å². The number of amides is 1. The standard InChI is InChI=1S/C22H17N5O3/c28-22(16-9-6-10-17(13-16)27(29)30)26-25-20(15-7-2-1-3-8-15)14-21-23-18-11-4-5-12-19(18)24-21/h1-13H,14H2,(H,23,24)(H,26,28)/b25-20+. The van der Waals surface area contributed by atoms with Crippen LogP contribution in [0.5, 0.6) is 0 Å². The second-order valence-corrected chi connectivity index (χ2v) is 6.55. The summed E-state index contributed by atoms with van der Waals surface area (Å²) in [6.07, 6.45) is 0.369. The highest BCUT2D eigenvalue weighted by atomic mass is 16.6. The number of carbonyl (C=O) groups is 1. The average molecular weight is 399 g/mol. The Morgan fingerprint density at radius 1 is 1.00 bits per heavy atom. The lowest BCUT2D eigenvalue weighted by Crippen LogP contribution is -2.21. The van der Waals surface area contributed by atoms with Gasteiger partial charge in [0.1, 0.15) is 5.82 Å². The van der Waals surface area contributed by atoms with Crippen LogP contribution in [0.4, 0.5) is 5.69 Å². The normalized spacial score (nSPS) is 11.4. The second-order valence-electron chi connectivity index (χ2n) is 6.55. The van der Waals surface area contributed by atoms with Crippen LogP contribution in [0, 0.1) is 10.1 Å². The molecular formula is C22H17N5O3. The maximum absolute atomic E-state index is 12.5. The van der Waals surface area contributed by atoms with Crippen LogP contribution in [0.15, 0.2) is 84.0 Å². The molecule has 1 aromatic heterocycles. The number of aromatic nitrogens is 2. The predicted octanol–water partition coefficient (Wildman–Crippen LogP) is 3.85. The van der Waals surface area contributed by atoms with Crippen molar-refractivity contribution in [1.82, 2.24) is 15.4 Å². The van der Waals surface area contributed by atoms with E-state index >= 15 is 0 Å². The van der Waals surface area contributed by atoms with Crippen molar-refractivity contribution in [3.63, 3.8) is 0 Å². The highest BCUT2D eigenvalue weighted by Crippen LogP contribution is 2.14. The molecule has 8 nitrogen and oxygen atoms in total. The summed E-state index contributed by atoms with van der Waals surface area (Å²) in [5.74, 6) is 0.181. The van der Waals surface area contributed by atoms with Gasteiger partial charge >= 0.3 is 0 Å². The fourth-order valence-electron chi connectivity index (χ4n) is 3.03. The summed E-state index contributed by atoms with van der Waals surface area (Å²) < 4.78 is 0. The van der Waals surface area contributed by atoms with Gasteiger partial charge in [-0.15, -0.1) is 0 Å². The molecule has 2 N–H and O–H groups in total. The van der Waals surface area contributed by atoms with E-state index in [4.69, 9.17) is 0 Å². The molecule has 0 fully saturated rings. The van der Waals surface area contributed by atoms with Gasteiger partial charge in [0.15, 0.2) is 0 Å². The smallest absolute Gasteiger partial charge is 0.271 e. The number of imidazole rings is 1. The zero-order chi connectivity index (χ0) is 20.9. The number of benzene rings is 3. The first-order valence-corrected chi connectivity index (χ1v) is 9.20. The number of hydrogen-bond donors (Lipinski definition) is 2. The van der Waals surface area contributed by atoms with Crippen LogP contribution >= 0.6 is 0 Å². The maximum Gasteiger partial charge on any atom is 0.271 e. The monoisotopic (exact) mass is 399 g/mol. The van der Waals surface area contributed by atoms with Crippen molar-refractivity contribution in [2.75, 3.05) is 0 Å². The largest absolute Gasteiger partial charge is 0.342 e. The molecule has 0 radical (unpaired) electrons. The van der Waals surface area contributed by atoms with E-state index in [2.05, 4.69) is 20.5 Å². The van der Waals surface area contributed by atoms with Gasteiger partial charge in [-0.05, 0) is 23.8 Å². The van der Waals surface area contributed by atoms with Gasteiger partial charge in [0.2, 0.25) is 0 Å². The molecule has 0 saturated heterocycles. The molecule has 0 aliphatic heterocycles. The molecule has 0 unspecified atom stereocenters. The van der Waals surface area contributed by atoms with Crippen molar-refractivity contribution in [1.29, 1.82) is 0 Å². The summed E-state index contributed by atoms with van der Waals surface area (Å²) in [5, 5.41) is 15.2. The number of hydrazone groups is 1. The van der Waals surface area contributed by atoms with Gasteiger partial charge < -0.3 is 4.98 Å². The van der Waals surface area contributed by atoms with Gasteiger partial charge in [-0.2, -0.15) is 5.10 Å². The lowest BCUT2D eigenvalue weighted by molar-refractivity contribution is -0.384. The Morgan fingerprint density at radius 2 is 1.73 bits per heavy atom. The van der Waals surface area contributed by atoms with E-state index in [1.165, 1.54) is 24.3 Å². The first-order chi connectivity index (χ1) is 14.6. The third-order valence-corrected chi connectivity index (χ3v) is 4.49. The predicted molar refractivity (Wildman–Crippen MR) is 113 cm³/mol. The molecule has 0 saturated carbocycles. The molecule has 0 spiro atoms. The zero-order valence-electron chi connectivity index (χ0n) is 15.8. The highest BCUT2D eigenvalue weighted by Gasteiger charge is 2.13. The van der Waals surface area contributed by atoms with Crippen LogP contribution in [-0.4, -0.2) is 26.5 Å². The number of H-pyrrole nitrogens is 1. The molecule has 4 aromatic rings. The molecule has 0 bridgehead atoms. The number of non-ortho nitro benzene ring substituents is 1. The summed E-state index contributed by atoms with van der Waals surface area (Å²) in [4.78, 5) is 30.7. The van der Waals surface area contributed by atoms with E-state index in [9.17, 15) is 14.9 Å². The fraction of sp³-hybridized carbons (Fsp3) is 0.0455. The third-order valence-electron chi connectivity index (χ3n) is 4.49. The topological polar surface area (TPSA) is 113 Å². The van der Waals surface area contributed by atoms with Crippen LogP contribution in [0.1, 0.15) is 21.7 Å². The first kappa shape index (κ1) is 19.0. The summed E-state index contributed by atoms with van der Waals surface area (Å²) >= 11 is 0. The van der Waals surface area contributed by atoms with E-state index in [0.29, 0.717) is 18.0 Å². The van der Waals surface area contributed by atoms with Crippen LogP contribution in [0.2, 0.25) is 0 Å². The van der Waals surface area contributed by atoms with Gasteiger partial charge in [0.25, 0.3) is 11.6 Å². The van der Waals surface area contributed by atoms with Crippen molar-refractivity contribution >= 4 is 28.3 Å². The molecule has 4 rings (SSSR count). The molecular weight excluding hydrogens is 382 g/mol. The maximum atomic E-state index is 12.5. The Labute approximate surface area is 171 Å². The number of fused-ring (bicyclic) bond motifs is 1. The minimum Gasteiger partial charge on any atom is -0.342 e. The van der Waals surface area contributed by atoms with Gasteiger partial charge in [0, 0.05) is 17.7 Å². The van der Waals surface area contributed by atoms with Gasteiger partial charge in [-0.25, -0.2) is 10.4 Å². The van der Waals surface area contributed by atoms with Crippen LogP contribution in [-0.2, 0) is 6.42 Å². The van der Waals surface area contributed by atoms with Gasteiger partial charge in [0.05, 0.1) is 28.1 Å². The van der Waals surface area contributed by atoms with Crippen LogP contribution in [0.25, 0.3) is 11.0 Å². The SMILES string of the molecule is O=C(N/N=C(\Cc1nc2ccccc2[nH]1)c1ccccc1)c1cccc([N+](=O)[O-])c1. The second kappa shape index (κ2) is 8.36. The van der Waals surface area contributed by atoms with E-state index in [1.54, 1.807) is 0 Å². The Morgan fingerprint density at radius 3 is 2.50 bits per heavy atom. The van der Waals surface area contributed by atoms with E-state index in [0.717, 1.165) is 16.6 Å². The van der Waals surface area contributed by atoms with E-state index in [1.807, 2.05) is 54.6 Å². The summed E-state index contributed by atoms with van der Waals surface area (Å²) in [5.41, 5.74) is 5.70. The van der Waals surface area contributed by atoms with Crippen molar-refractivity contribution < 1.29 is 9.72 Å². The quantitative estimate of drug-likeness (QED) is 0.291. The minimum absolute atomic E-state index is 0.155. The van der Waals surface area contributed by atoms with E-state index in [-0.39, 0.29) is 11.3 Å². The molecule has 0 aliphatic rings. The number of hydrogen-bond acceptors (Lipinski definition) is 5. The van der Waals surface area contributed by atoms with E-state index < -0.39 is 10.8 Å². The molecule has 30 heavy (non-hydrogen) atoms. The third kappa shape index (κ3) is 4.22. The van der Waals surface area contributed by atoms with Gasteiger partial charge in [-0.1, -0.05) is 48.5 Å². The number of nitrogens with one attached hydrogen (secondary N) is 2. The number of carbonyl (C=O) groups excluding carboxylic acids is 1. The number of nitro groups is 1. The molecule has 0 atom stereocenters. The zero-order valence-corrected chi connectivity index (χ0v) is 15.8. The average Bonchev–Trinajstić information content (AvgIpc) is 3.19. The van der Waals surface area contributed by atoms with Crippen molar-refractivity contribution in [3.05, 3.63) is 106 Å². The molecule has 3 aromatic carbocycles. The molecule has 0 aliphatic carbocycles.